The van der Waals surface area contributed by atoms with Gasteiger partial charge in [0.15, 0.2) is 0 Å². The van der Waals surface area contributed by atoms with Crippen LogP contribution in [-0.2, 0) is 0 Å². The third kappa shape index (κ3) is 3.57. The Labute approximate surface area is 127 Å². The van der Waals surface area contributed by atoms with Crippen LogP contribution in [0.25, 0.3) is 10.9 Å². The molecule has 3 nitrogen and oxygen atoms in total. The van der Waals surface area contributed by atoms with Crippen LogP contribution in [0.1, 0.15) is 30.1 Å². The van der Waals surface area contributed by atoms with Gasteiger partial charge in [-0.1, -0.05) is 47.5 Å². The normalized spacial score (nSPS) is 12.3. The fourth-order valence-electron chi connectivity index (χ4n) is 2.22. The lowest BCUT2D eigenvalue weighted by atomic mass is 10.0. The maximum Gasteiger partial charge on any atom is 0.253 e. The lowest BCUT2D eigenvalue weighted by Gasteiger charge is -2.14. The smallest absolute Gasteiger partial charge is 0.253 e. The number of nitrogens with one attached hydrogen (secondary N) is 1. The summed E-state index contributed by atoms with van der Waals surface area (Å²) in [5, 5.41) is 4.99. The van der Waals surface area contributed by atoms with E-state index in [2.05, 4.69) is 33.2 Å². The standard InChI is InChI=1S/C16H19BrN2O/c1-2-12(8-9-17)11-19-16(20)14-7-3-5-13-6-4-10-18-15(13)14/h3-7,10,12H,2,8-9,11H2,1H3,(H,19,20). The minimum Gasteiger partial charge on any atom is -0.352 e. The highest BCUT2D eigenvalue weighted by molar-refractivity contribution is 9.09. The van der Waals surface area contributed by atoms with Gasteiger partial charge in [0.1, 0.15) is 0 Å². The van der Waals surface area contributed by atoms with Gasteiger partial charge in [-0.2, -0.15) is 0 Å². The molecule has 106 valence electrons. The van der Waals surface area contributed by atoms with E-state index in [1.54, 1.807) is 6.20 Å². The zero-order chi connectivity index (χ0) is 14.4. The first kappa shape index (κ1) is 15.0. The maximum atomic E-state index is 12.3. The number of hydrogen-bond acceptors (Lipinski definition) is 2. The Morgan fingerprint density at radius 2 is 2.15 bits per heavy atom. The summed E-state index contributed by atoms with van der Waals surface area (Å²) in [6.07, 6.45) is 3.86. The average molecular weight is 335 g/mol. The van der Waals surface area contributed by atoms with Gasteiger partial charge in [0.25, 0.3) is 5.91 Å². The molecule has 0 saturated heterocycles. The van der Waals surface area contributed by atoms with E-state index in [0.717, 1.165) is 29.1 Å². The highest BCUT2D eigenvalue weighted by atomic mass is 79.9. The molecular formula is C16H19BrN2O. The number of amides is 1. The van der Waals surface area contributed by atoms with Crippen LogP contribution in [0.15, 0.2) is 36.5 Å². The number of carbonyl (C=O) groups excluding carboxylic acids is 1. The van der Waals surface area contributed by atoms with Gasteiger partial charge in [-0.25, -0.2) is 0 Å². The summed E-state index contributed by atoms with van der Waals surface area (Å²) >= 11 is 3.45. The monoisotopic (exact) mass is 334 g/mol. The molecule has 2 rings (SSSR count). The predicted molar refractivity (Wildman–Crippen MR) is 86.3 cm³/mol. The minimum absolute atomic E-state index is 0.0395. The second-order valence-electron chi connectivity index (χ2n) is 4.84. The van der Waals surface area contributed by atoms with Crippen LogP contribution in [0, 0.1) is 5.92 Å². The Morgan fingerprint density at radius 3 is 2.90 bits per heavy atom. The van der Waals surface area contributed by atoms with E-state index < -0.39 is 0 Å². The summed E-state index contributed by atoms with van der Waals surface area (Å²) in [5.41, 5.74) is 1.41. The van der Waals surface area contributed by atoms with Crippen LogP contribution in [0.2, 0.25) is 0 Å². The predicted octanol–water partition coefficient (Wildman–Crippen LogP) is 3.78. The van der Waals surface area contributed by atoms with Crippen molar-refractivity contribution >= 4 is 32.7 Å². The Kier molecular flexibility index (Phi) is 5.53. The molecule has 0 aliphatic heterocycles. The molecule has 1 heterocycles. The van der Waals surface area contributed by atoms with E-state index in [9.17, 15) is 4.79 Å². The maximum absolute atomic E-state index is 12.3. The molecule has 1 unspecified atom stereocenters. The van der Waals surface area contributed by atoms with Crippen molar-refractivity contribution in [1.29, 1.82) is 0 Å². The largest absolute Gasteiger partial charge is 0.352 e. The van der Waals surface area contributed by atoms with Gasteiger partial charge in [0.2, 0.25) is 0 Å². The summed E-state index contributed by atoms with van der Waals surface area (Å²) in [6, 6.07) is 9.55. The van der Waals surface area contributed by atoms with Crippen LogP contribution in [-0.4, -0.2) is 22.8 Å². The third-order valence-electron chi connectivity index (χ3n) is 3.52. The number of carbonyl (C=O) groups is 1. The molecule has 1 aromatic carbocycles. The molecule has 1 aromatic heterocycles. The number of hydrogen-bond donors (Lipinski definition) is 1. The van der Waals surface area contributed by atoms with Crippen molar-refractivity contribution in [2.45, 2.75) is 19.8 Å². The average Bonchev–Trinajstić information content (AvgIpc) is 2.50. The zero-order valence-corrected chi connectivity index (χ0v) is 13.2. The highest BCUT2D eigenvalue weighted by Crippen LogP contribution is 2.16. The van der Waals surface area contributed by atoms with Crippen molar-refractivity contribution in [2.75, 3.05) is 11.9 Å². The third-order valence-corrected chi connectivity index (χ3v) is 3.98. The number of pyridine rings is 1. The minimum atomic E-state index is -0.0395. The van der Waals surface area contributed by atoms with Crippen LogP contribution < -0.4 is 5.32 Å². The fourth-order valence-corrected chi connectivity index (χ4v) is 2.87. The lowest BCUT2D eigenvalue weighted by Crippen LogP contribution is -2.29. The molecule has 0 aliphatic rings. The number of fused-ring (bicyclic) bond motifs is 1. The van der Waals surface area contributed by atoms with Crippen molar-refractivity contribution in [3.05, 3.63) is 42.1 Å². The molecule has 1 amide bonds. The quantitative estimate of drug-likeness (QED) is 0.817. The molecular weight excluding hydrogens is 316 g/mol. The summed E-state index contributed by atoms with van der Waals surface area (Å²) in [6.45, 7) is 2.86. The zero-order valence-electron chi connectivity index (χ0n) is 11.6. The number of benzene rings is 1. The molecule has 0 bridgehead atoms. The molecule has 0 saturated carbocycles. The van der Waals surface area contributed by atoms with E-state index in [1.807, 2.05) is 30.3 Å². The van der Waals surface area contributed by atoms with Gasteiger partial charge in [-0.3, -0.25) is 9.78 Å². The van der Waals surface area contributed by atoms with E-state index in [-0.39, 0.29) is 5.91 Å². The van der Waals surface area contributed by atoms with Gasteiger partial charge in [0, 0.05) is 23.5 Å². The molecule has 4 heteroatoms. The molecule has 20 heavy (non-hydrogen) atoms. The second kappa shape index (κ2) is 7.39. The number of nitrogens with zero attached hydrogens (tertiary/aromatic N) is 1. The molecule has 1 atom stereocenters. The molecule has 0 radical (unpaired) electrons. The van der Waals surface area contributed by atoms with Crippen LogP contribution >= 0.6 is 15.9 Å². The lowest BCUT2D eigenvalue weighted by molar-refractivity contribution is 0.0948. The van der Waals surface area contributed by atoms with E-state index in [1.165, 1.54) is 0 Å². The molecule has 0 aliphatic carbocycles. The van der Waals surface area contributed by atoms with Crippen molar-refractivity contribution < 1.29 is 4.79 Å². The van der Waals surface area contributed by atoms with Crippen molar-refractivity contribution in [3.8, 4) is 0 Å². The van der Waals surface area contributed by atoms with Gasteiger partial charge in [-0.15, -0.1) is 0 Å². The first-order valence-electron chi connectivity index (χ1n) is 6.94. The Balaban J connectivity index is 2.11. The summed E-state index contributed by atoms with van der Waals surface area (Å²) in [7, 11) is 0. The van der Waals surface area contributed by atoms with Crippen molar-refractivity contribution in [2.24, 2.45) is 5.92 Å². The molecule has 0 fully saturated rings. The van der Waals surface area contributed by atoms with Gasteiger partial charge in [0.05, 0.1) is 11.1 Å². The van der Waals surface area contributed by atoms with E-state index in [0.29, 0.717) is 18.0 Å². The second-order valence-corrected chi connectivity index (χ2v) is 5.64. The van der Waals surface area contributed by atoms with E-state index in [4.69, 9.17) is 0 Å². The number of aromatic nitrogens is 1. The van der Waals surface area contributed by atoms with Crippen LogP contribution in [0.4, 0.5) is 0 Å². The number of halogens is 1. The fraction of sp³-hybridized carbons (Fsp3) is 0.375. The first-order chi connectivity index (χ1) is 9.76. The van der Waals surface area contributed by atoms with Gasteiger partial charge >= 0.3 is 0 Å². The number of rotatable bonds is 6. The Hall–Kier alpha value is -1.42. The molecule has 1 N–H and O–H groups in total. The first-order valence-corrected chi connectivity index (χ1v) is 8.06. The molecule has 2 aromatic rings. The Morgan fingerprint density at radius 1 is 1.35 bits per heavy atom. The molecule has 0 spiro atoms. The van der Waals surface area contributed by atoms with Crippen molar-refractivity contribution in [3.63, 3.8) is 0 Å². The summed E-state index contributed by atoms with van der Waals surface area (Å²) < 4.78 is 0. The van der Waals surface area contributed by atoms with Crippen LogP contribution in [0.5, 0.6) is 0 Å². The topological polar surface area (TPSA) is 42.0 Å². The highest BCUT2D eigenvalue weighted by Gasteiger charge is 2.12. The number of alkyl halides is 1. The SMILES string of the molecule is CCC(CCBr)CNC(=O)c1cccc2cccnc12. The summed E-state index contributed by atoms with van der Waals surface area (Å²) in [4.78, 5) is 16.6. The van der Waals surface area contributed by atoms with E-state index >= 15 is 0 Å². The summed E-state index contributed by atoms with van der Waals surface area (Å²) in [5.74, 6) is 0.476. The van der Waals surface area contributed by atoms with Gasteiger partial charge < -0.3 is 5.32 Å². The number of para-hydroxylation sites is 1. The van der Waals surface area contributed by atoms with Crippen LogP contribution in [0.3, 0.4) is 0 Å². The van der Waals surface area contributed by atoms with Gasteiger partial charge in [-0.05, 0) is 24.5 Å². The van der Waals surface area contributed by atoms with Crippen molar-refractivity contribution in [1.82, 2.24) is 10.3 Å². The Bertz CT molecular complexity index is 580.